The maximum atomic E-state index is 9.32. The number of aliphatic hydroxyl groups is 1. The van der Waals surface area contributed by atoms with Crippen LogP contribution in [0.15, 0.2) is 4.52 Å². The van der Waals surface area contributed by atoms with Crippen LogP contribution in [0.4, 0.5) is 0 Å². The van der Waals surface area contributed by atoms with E-state index in [2.05, 4.69) is 10.1 Å². The number of methoxy groups -OCH3 is 1. The third-order valence-corrected chi connectivity index (χ3v) is 2.00. The lowest BCUT2D eigenvalue weighted by Crippen LogP contribution is -2.21. The summed E-state index contributed by atoms with van der Waals surface area (Å²) in [6.07, 6.45) is -0.913. The highest BCUT2D eigenvalue weighted by atomic mass is 16.5. The van der Waals surface area contributed by atoms with E-state index in [1.807, 2.05) is 0 Å². The molecule has 0 amide bonds. The predicted octanol–water partition coefficient (Wildman–Crippen LogP) is -0.0568. The largest absolute Gasteiger partial charge is 0.382 e. The van der Waals surface area contributed by atoms with Gasteiger partial charge in [0.1, 0.15) is 11.7 Å². The van der Waals surface area contributed by atoms with Gasteiger partial charge in [0.2, 0.25) is 5.82 Å². The first-order valence-corrected chi connectivity index (χ1v) is 4.28. The topological polar surface area (TPSA) is 94.4 Å². The molecule has 0 radical (unpaired) electrons. The van der Waals surface area contributed by atoms with Crippen molar-refractivity contribution in [3.8, 4) is 0 Å². The van der Waals surface area contributed by atoms with Gasteiger partial charge >= 0.3 is 0 Å². The molecule has 6 nitrogen and oxygen atoms in total. The number of nitrogens with two attached hydrogens (primary N) is 1. The lowest BCUT2D eigenvalue weighted by Gasteiger charge is -2.17. The Hall–Kier alpha value is -0.980. The fourth-order valence-electron chi connectivity index (χ4n) is 0.807. The third kappa shape index (κ3) is 2.09. The van der Waals surface area contributed by atoms with Gasteiger partial charge in [-0.05, 0) is 13.8 Å². The fraction of sp³-hybridized carbons (Fsp3) is 0.750. The van der Waals surface area contributed by atoms with Gasteiger partial charge in [-0.1, -0.05) is 5.16 Å². The maximum absolute atomic E-state index is 9.32. The molecule has 0 aliphatic heterocycles. The lowest BCUT2D eigenvalue weighted by molar-refractivity contribution is 0.00973. The standard InChI is InChI=1S/C8H15N3O3/c1-8(2,13-3)7-10-6(14-11-7)5(12)4-9/h5,12H,4,9H2,1-3H3/t5-/m0/s1. The Morgan fingerprint density at radius 3 is 2.79 bits per heavy atom. The highest BCUT2D eigenvalue weighted by molar-refractivity contribution is 4.98. The Morgan fingerprint density at radius 1 is 1.64 bits per heavy atom. The van der Waals surface area contributed by atoms with E-state index in [0.717, 1.165) is 0 Å². The zero-order valence-electron chi connectivity index (χ0n) is 8.52. The fourth-order valence-corrected chi connectivity index (χ4v) is 0.807. The molecule has 0 saturated carbocycles. The van der Waals surface area contributed by atoms with Crippen LogP contribution in [0.5, 0.6) is 0 Å². The van der Waals surface area contributed by atoms with Crippen molar-refractivity contribution >= 4 is 0 Å². The van der Waals surface area contributed by atoms with Crippen LogP contribution in [0.2, 0.25) is 0 Å². The Labute approximate surface area is 82.1 Å². The molecule has 0 fully saturated rings. The number of aliphatic hydroxyl groups excluding tert-OH is 1. The minimum Gasteiger partial charge on any atom is -0.382 e. The molecule has 0 unspecified atom stereocenters. The van der Waals surface area contributed by atoms with Gasteiger partial charge in [0.05, 0.1) is 0 Å². The first-order valence-electron chi connectivity index (χ1n) is 4.28. The van der Waals surface area contributed by atoms with E-state index in [-0.39, 0.29) is 12.4 Å². The molecule has 0 aromatic carbocycles. The maximum Gasteiger partial charge on any atom is 0.256 e. The van der Waals surface area contributed by atoms with Gasteiger partial charge in [0, 0.05) is 13.7 Å². The first kappa shape index (κ1) is 11.1. The molecule has 1 atom stereocenters. The van der Waals surface area contributed by atoms with Crippen molar-refractivity contribution in [1.29, 1.82) is 0 Å². The molecule has 80 valence electrons. The van der Waals surface area contributed by atoms with Gasteiger partial charge < -0.3 is 20.1 Å². The van der Waals surface area contributed by atoms with Crippen molar-refractivity contribution in [3.05, 3.63) is 11.7 Å². The number of rotatable bonds is 4. The van der Waals surface area contributed by atoms with E-state index in [0.29, 0.717) is 5.82 Å². The normalized spacial score (nSPS) is 14.4. The second-order valence-electron chi connectivity index (χ2n) is 3.42. The van der Waals surface area contributed by atoms with Crippen LogP contribution in [-0.4, -0.2) is 28.9 Å². The quantitative estimate of drug-likeness (QED) is 0.708. The summed E-state index contributed by atoms with van der Waals surface area (Å²) in [6, 6.07) is 0. The van der Waals surface area contributed by atoms with Gasteiger partial charge in [0.15, 0.2) is 0 Å². The third-order valence-electron chi connectivity index (χ3n) is 2.00. The minimum absolute atomic E-state index is 0.0506. The number of aromatic nitrogens is 2. The van der Waals surface area contributed by atoms with Crippen molar-refractivity contribution in [1.82, 2.24) is 10.1 Å². The van der Waals surface area contributed by atoms with Crippen LogP contribution >= 0.6 is 0 Å². The average molecular weight is 201 g/mol. The number of nitrogens with zero attached hydrogens (tertiary/aromatic N) is 2. The van der Waals surface area contributed by atoms with Gasteiger partial charge in [-0.3, -0.25) is 0 Å². The Bertz CT molecular complexity index is 298. The lowest BCUT2D eigenvalue weighted by atomic mass is 10.1. The number of hydrogen-bond acceptors (Lipinski definition) is 6. The molecule has 0 aliphatic carbocycles. The smallest absolute Gasteiger partial charge is 0.256 e. The summed E-state index contributed by atoms with van der Waals surface area (Å²) in [6.45, 7) is 3.65. The Balaban J connectivity index is 2.88. The van der Waals surface area contributed by atoms with Gasteiger partial charge in [-0.2, -0.15) is 4.98 Å². The SMILES string of the molecule is COC(C)(C)c1noc([C@@H](O)CN)n1. The van der Waals surface area contributed by atoms with Gasteiger partial charge in [-0.15, -0.1) is 0 Å². The number of ether oxygens (including phenoxy) is 1. The summed E-state index contributed by atoms with van der Waals surface area (Å²) < 4.78 is 9.99. The molecule has 14 heavy (non-hydrogen) atoms. The van der Waals surface area contributed by atoms with E-state index < -0.39 is 11.7 Å². The molecule has 1 aromatic heterocycles. The minimum atomic E-state index is -0.913. The molecule has 0 spiro atoms. The molecule has 3 N–H and O–H groups in total. The monoisotopic (exact) mass is 201 g/mol. The predicted molar refractivity (Wildman–Crippen MR) is 48.3 cm³/mol. The van der Waals surface area contributed by atoms with Crippen LogP contribution < -0.4 is 5.73 Å². The van der Waals surface area contributed by atoms with E-state index in [1.165, 1.54) is 0 Å². The molecular formula is C8H15N3O3. The summed E-state index contributed by atoms with van der Waals surface area (Å²) in [7, 11) is 1.55. The van der Waals surface area contributed by atoms with Crippen molar-refractivity contribution in [2.45, 2.75) is 25.6 Å². The van der Waals surface area contributed by atoms with Gasteiger partial charge in [-0.25, -0.2) is 0 Å². The van der Waals surface area contributed by atoms with E-state index >= 15 is 0 Å². The molecule has 1 aromatic rings. The Kier molecular flexibility index (Phi) is 3.20. The van der Waals surface area contributed by atoms with Crippen molar-refractivity contribution < 1.29 is 14.4 Å². The molecule has 0 saturated heterocycles. The van der Waals surface area contributed by atoms with Crippen LogP contribution in [0, 0.1) is 0 Å². The average Bonchev–Trinajstić information content (AvgIpc) is 2.66. The molecule has 1 heterocycles. The summed E-state index contributed by atoms with van der Waals surface area (Å²) in [5, 5.41) is 13.0. The van der Waals surface area contributed by atoms with Crippen molar-refractivity contribution in [3.63, 3.8) is 0 Å². The molecular weight excluding hydrogens is 186 g/mol. The van der Waals surface area contributed by atoms with E-state index in [9.17, 15) is 5.11 Å². The molecule has 1 rings (SSSR count). The van der Waals surface area contributed by atoms with Crippen LogP contribution in [-0.2, 0) is 10.3 Å². The first-order chi connectivity index (χ1) is 6.51. The molecule has 6 heteroatoms. The second kappa shape index (κ2) is 4.04. The van der Waals surface area contributed by atoms with Crippen molar-refractivity contribution in [2.75, 3.05) is 13.7 Å². The van der Waals surface area contributed by atoms with Crippen LogP contribution in [0.3, 0.4) is 0 Å². The van der Waals surface area contributed by atoms with Crippen molar-refractivity contribution in [2.24, 2.45) is 5.73 Å². The highest BCUT2D eigenvalue weighted by Gasteiger charge is 2.27. The molecule has 0 bridgehead atoms. The summed E-state index contributed by atoms with van der Waals surface area (Å²) in [4.78, 5) is 3.99. The molecule has 0 aliphatic rings. The second-order valence-corrected chi connectivity index (χ2v) is 3.42. The Morgan fingerprint density at radius 2 is 2.29 bits per heavy atom. The van der Waals surface area contributed by atoms with E-state index in [4.69, 9.17) is 15.0 Å². The summed E-state index contributed by atoms with van der Waals surface area (Å²) in [5.41, 5.74) is 4.62. The summed E-state index contributed by atoms with van der Waals surface area (Å²) in [5.74, 6) is 0.509. The van der Waals surface area contributed by atoms with Gasteiger partial charge in [0.25, 0.3) is 5.89 Å². The highest BCUT2D eigenvalue weighted by Crippen LogP contribution is 2.21. The van der Waals surface area contributed by atoms with E-state index in [1.54, 1.807) is 21.0 Å². The summed E-state index contributed by atoms with van der Waals surface area (Å²) >= 11 is 0. The zero-order chi connectivity index (χ0) is 10.8. The zero-order valence-corrected chi connectivity index (χ0v) is 8.52. The number of hydrogen-bond donors (Lipinski definition) is 2. The van der Waals surface area contributed by atoms with Crippen LogP contribution in [0.25, 0.3) is 0 Å². The van der Waals surface area contributed by atoms with Crippen LogP contribution in [0.1, 0.15) is 31.7 Å².